The van der Waals surface area contributed by atoms with E-state index in [2.05, 4.69) is 48.8 Å². The maximum absolute atomic E-state index is 13.4. The Labute approximate surface area is 267 Å². The minimum absolute atomic E-state index is 0.0809. The number of carbonyl (C=O) groups excluding carboxylic acids is 2. The van der Waals surface area contributed by atoms with Crippen molar-refractivity contribution in [1.82, 2.24) is 34.6 Å². The van der Waals surface area contributed by atoms with Gasteiger partial charge in [-0.05, 0) is 50.1 Å². The SMILES string of the molecule is Cc1nc2ccccc2n1Cc1csc(CNC(=O)[C@H](O)[C@@H](O)C(=O)N2CCCC2c2cccc(CN3CCN(C)CC3)c2)n1. The van der Waals surface area contributed by atoms with Crippen LogP contribution in [0.15, 0.2) is 53.9 Å². The first-order chi connectivity index (χ1) is 21.8. The average molecular weight is 632 g/mol. The number of imidazole rings is 1. The number of para-hydroxylation sites is 2. The van der Waals surface area contributed by atoms with Crippen LogP contribution in [0.5, 0.6) is 0 Å². The molecule has 2 fully saturated rings. The number of likely N-dealkylation sites (tertiary alicyclic amines) is 1. The zero-order valence-electron chi connectivity index (χ0n) is 25.8. The van der Waals surface area contributed by atoms with E-state index in [-0.39, 0.29) is 12.6 Å². The maximum Gasteiger partial charge on any atom is 0.255 e. The molecule has 2 aliphatic rings. The van der Waals surface area contributed by atoms with Crippen molar-refractivity contribution in [3.8, 4) is 0 Å². The first-order valence-electron chi connectivity index (χ1n) is 15.6. The lowest BCUT2D eigenvalue weighted by Gasteiger charge is -2.32. The molecule has 2 aromatic heterocycles. The summed E-state index contributed by atoms with van der Waals surface area (Å²) in [6.07, 6.45) is -2.20. The lowest BCUT2D eigenvalue weighted by atomic mass is 10.0. The van der Waals surface area contributed by atoms with Gasteiger partial charge < -0.3 is 29.9 Å². The van der Waals surface area contributed by atoms with E-state index in [4.69, 9.17) is 0 Å². The second-order valence-electron chi connectivity index (χ2n) is 12.1. The molecular weight excluding hydrogens is 590 g/mol. The molecule has 2 saturated heterocycles. The van der Waals surface area contributed by atoms with E-state index in [1.165, 1.54) is 16.9 Å². The number of rotatable bonds is 10. The van der Waals surface area contributed by atoms with Crippen molar-refractivity contribution in [3.63, 3.8) is 0 Å². The number of aliphatic hydroxyl groups is 2. The van der Waals surface area contributed by atoms with Crippen LogP contribution in [0.4, 0.5) is 0 Å². The van der Waals surface area contributed by atoms with Crippen LogP contribution in [-0.2, 0) is 29.2 Å². The highest BCUT2D eigenvalue weighted by atomic mass is 32.1. The van der Waals surface area contributed by atoms with E-state index in [1.54, 1.807) is 4.90 Å². The first-order valence-corrected chi connectivity index (χ1v) is 16.4. The van der Waals surface area contributed by atoms with Crippen molar-refractivity contribution in [1.29, 1.82) is 0 Å². The lowest BCUT2D eigenvalue weighted by Crippen LogP contribution is -2.50. The number of thiazole rings is 1. The molecule has 0 bridgehead atoms. The van der Waals surface area contributed by atoms with Crippen LogP contribution < -0.4 is 5.32 Å². The smallest absolute Gasteiger partial charge is 0.255 e. The fraction of sp³-hybridized carbons (Fsp3) is 0.455. The van der Waals surface area contributed by atoms with Gasteiger partial charge in [-0.3, -0.25) is 14.5 Å². The molecule has 238 valence electrons. The molecule has 3 N–H and O–H groups in total. The highest BCUT2D eigenvalue weighted by Crippen LogP contribution is 2.33. The van der Waals surface area contributed by atoms with Crippen LogP contribution in [0.25, 0.3) is 11.0 Å². The van der Waals surface area contributed by atoms with Crippen molar-refractivity contribution in [2.45, 2.75) is 57.6 Å². The van der Waals surface area contributed by atoms with Crippen LogP contribution in [0.2, 0.25) is 0 Å². The zero-order chi connectivity index (χ0) is 31.5. The second-order valence-corrected chi connectivity index (χ2v) is 13.0. The molecule has 0 aliphatic carbocycles. The number of aryl methyl sites for hydroxylation is 1. The average Bonchev–Trinajstić information content (AvgIpc) is 3.79. The van der Waals surface area contributed by atoms with Gasteiger partial charge in [0, 0.05) is 44.6 Å². The number of benzene rings is 2. The van der Waals surface area contributed by atoms with Crippen LogP contribution in [0, 0.1) is 6.92 Å². The molecule has 4 aromatic rings. The minimum Gasteiger partial charge on any atom is -0.380 e. The van der Waals surface area contributed by atoms with Crippen molar-refractivity contribution in [3.05, 3.63) is 81.6 Å². The number of aromatic nitrogens is 3. The molecule has 1 unspecified atom stereocenters. The first kappa shape index (κ1) is 31.3. The Balaban J connectivity index is 1.03. The molecular formula is C33H41N7O4S. The van der Waals surface area contributed by atoms with Gasteiger partial charge in [0.1, 0.15) is 10.8 Å². The number of piperazine rings is 1. The van der Waals surface area contributed by atoms with Crippen LogP contribution in [0.3, 0.4) is 0 Å². The number of aliphatic hydroxyl groups excluding tert-OH is 2. The standard InChI is InChI=1S/C33H41N7O4S/c1-22-35-26-9-3-4-10-28(26)40(22)20-25-21-45-29(36-25)18-34-32(43)30(41)31(42)33(44)39-12-6-11-27(39)24-8-5-7-23(17-24)19-38-15-13-37(2)14-16-38/h3-5,7-10,17,21,27,30-31,41-42H,6,11-16,18-20H2,1-2H3,(H,34,43)/t27?,30-,31-/m1/s1. The maximum atomic E-state index is 13.4. The summed E-state index contributed by atoms with van der Waals surface area (Å²) in [4.78, 5) is 41.8. The molecule has 0 radical (unpaired) electrons. The number of likely N-dealkylation sites (N-methyl/N-ethyl adjacent to an activating group) is 1. The van der Waals surface area contributed by atoms with E-state index in [9.17, 15) is 19.8 Å². The van der Waals surface area contributed by atoms with Gasteiger partial charge in [0.15, 0.2) is 12.2 Å². The fourth-order valence-electron chi connectivity index (χ4n) is 6.32. The van der Waals surface area contributed by atoms with Crippen molar-refractivity contribution in [2.75, 3.05) is 39.8 Å². The summed E-state index contributed by atoms with van der Waals surface area (Å²) in [7, 11) is 2.14. The van der Waals surface area contributed by atoms with Gasteiger partial charge >= 0.3 is 0 Å². The molecule has 2 aromatic carbocycles. The molecule has 2 aliphatic heterocycles. The molecule has 12 heteroatoms. The topological polar surface area (TPSA) is 127 Å². The highest BCUT2D eigenvalue weighted by Gasteiger charge is 2.38. The Kier molecular flexibility index (Phi) is 9.57. The molecule has 3 atom stereocenters. The lowest BCUT2D eigenvalue weighted by molar-refractivity contribution is -0.153. The Bertz CT molecular complexity index is 1650. The van der Waals surface area contributed by atoms with Gasteiger partial charge in [-0.1, -0.05) is 36.4 Å². The molecule has 45 heavy (non-hydrogen) atoms. The van der Waals surface area contributed by atoms with E-state index in [0.29, 0.717) is 18.1 Å². The Hall–Kier alpha value is -3.68. The summed E-state index contributed by atoms with van der Waals surface area (Å²) in [5, 5.41) is 26.7. The van der Waals surface area contributed by atoms with Crippen LogP contribution in [-0.4, -0.2) is 103 Å². The number of amides is 2. The summed E-state index contributed by atoms with van der Waals surface area (Å²) < 4.78 is 2.09. The summed E-state index contributed by atoms with van der Waals surface area (Å²) in [5.74, 6) is -0.558. The van der Waals surface area contributed by atoms with Crippen molar-refractivity contribution in [2.24, 2.45) is 0 Å². The third-order valence-corrected chi connectivity index (χ3v) is 9.77. The predicted octanol–water partition coefficient (Wildman–Crippen LogP) is 2.30. The van der Waals surface area contributed by atoms with Crippen molar-refractivity contribution >= 4 is 34.2 Å². The summed E-state index contributed by atoms with van der Waals surface area (Å²) >= 11 is 1.40. The predicted molar refractivity (Wildman–Crippen MR) is 172 cm³/mol. The third-order valence-electron chi connectivity index (χ3n) is 8.87. The highest BCUT2D eigenvalue weighted by molar-refractivity contribution is 7.09. The number of nitrogens with zero attached hydrogens (tertiary/aromatic N) is 6. The fourth-order valence-corrected chi connectivity index (χ4v) is 7.04. The largest absolute Gasteiger partial charge is 0.380 e. The number of carbonyl (C=O) groups is 2. The van der Waals surface area contributed by atoms with Gasteiger partial charge in [0.05, 0.1) is 35.9 Å². The number of hydrogen-bond acceptors (Lipinski definition) is 9. The van der Waals surface area contributed by atoms with Crippen LogP contribution >= 0.6 is 11.3 Å². The number of nitrogens with one attached hydrogen (secondary N) is 1. The van der Waals surface area contributed by atoms with Gasteiger partial charge in [-0.15, -0.1) is 11.3 Å². The Morgan fingerprint density at radius 3 is 2.62 bits per heavy atom. The van der Waals surface area contributed by atoms with Gasteiger partial charge in [-0.2, -0.15) is 0 Å². The van der Waals surface area contributed by atoms with Gasteiger partial charge in [0.2, 0.25) is 0 Å². The summed E-state index contributed by atoms with van der Waals surface area (Å²) in [5.41, 5.74) is 4.99. The molecule has 0 spiro atoms. The molecule has 0 saturated carbocycles. The van der Waals surface area contributed by atoms with E-state index in [0.717, 1.165) is 73.7 Å². The number of hydrogen-bond donors (Lipinski definition) is 3. The minimum atomic E-state index is -1.89. The van der Waals surface area contributed by atoms with E-state index >= 15 is 0 Å². The monoisotopic (exact) mass is 631 g/mol. The Morgan fingerprint density at radius 1 is 1.00 bits per heavy atom. The number of fused-ring (bicyclic) bond motifs is 1. The van der Waals surface area contributed by atoms with E-state index in [1.807, 2.05) is 48.7 Å². The summed E-state index contributed by atoms with van der Waals surface area (Å²) in [6.45, 7) is 8.04. The molecule has 6 rings (SSSR count). The normalized spacial score (nSPS) is 19.2. The van der Waals surface area contributed by atoms with Gasteiger partial charge in [0.25, 0.3) is 11.8 Å². The summed E-state index contributed by atoms with van der Waals surface area (Å²) in [6, 6.07) is 16.0. The van der Waals surface area contributed by atoms with E-state index < -0.39 is 24.0 Å². The zero-order valence-corrected chi connectivity index (χ0v) is 26.6. The molecule has 4 heterocycles. The third kappa shape index (κ3) is 7.10. The Morgan fingerprint density at radius 2 is 1.80 bits per heavy atom. The van der Waals surface area contributed by atoms with Gasteiger partial charge in [-0.25, -0.2) is 9.97 Å². The van der Waals surface area contributed by atoms with Crippen LogP contribution in [0.1, 0.15) is 46.5 Å². The van der Waals surface area contributed by atoms with Crippen molar-refractivity contribution < 1.29 is 19.8 Å². The molecule has 11 nitrogen and oxygen atoms in total. The second kappa shape index (κ2) is 13.8. The molecule has 2 amide bonds. The quantitative estimate of drug-likeness (QED) is 0.244.